The first kappa shape index (κ1) is 25.9. The molecule has 2 aliphatic rings. The topological polar surface area (TPSA) is 79.8 Å². The van der Waals surface area contributed by atoms with Crippen LogP contribution in [0.5, 0.6) is 0 Å². The third kappa shape index (κ3) is 6.53. The fraction of sp³-hybridized carbons (Fsp3) is 0.630. The molecule has 192 valence electrons. The van der Waals surface area contributed by atoms with Gasteiger partial charge in [-0.1, -0.05) is 37.5 Å². The van der Waals surface area contributed by atoms with Gasteiger partial charge in [0.05, 0.1) is 5.52 Å². The summed E-state index contributed by atoms with van der Waals surface area (Å²) in [4.78, 5) is 18.7. The highest BCUT2D eigenvalue weighted by atomic mass is 32.2. The van der Waals surface area contributed by atoms with Crippen LogP contribution in [-0.2, 0) is 14.8 Å². The standard InChI is InChI=1S/C27H39N3O4S/c1-27(2,3)34-26(31)29-17-12-21(13-18-29)7-4-8-22-14-19-30(20-15-22)35(32,33)24-11-5-9-23-10-6-16-28-25(23)24/h5-6,9-11,16,21-22H,4,7-8,12-15,17-20H2,1-3H3. The van der Waals surface area contributed by atoms with Crippen molar-refractivity contribution in [2.45, 2.75) is 76.2 Å². The number of nitrogens with zero attached hydrogens (tertiary/aromatic N) is 3. The number of hydrogen-bond donors (Lipinski definition) is 0. The van der Waals surface area contributed by atoms with E-state index in [2.05, 4.69) is 4.98 Å². The fourth-order valence-electron chi connectivity index (χ4n) is 5.29. The second kappa shape index (κ2) is 10.8. The number of likely N-dealkylation sites (tertiary alicyclic amines) is 1. The molecule has 2 saturated heterocycles. The van der Waals surface area contributed by atoms with Gasteiger partial charge in [-0.2, -0.15) is 4.31 Å². The SMILES string of the molecule is CC(C)(C)OC(=O)N1CCC(CCCC2CCN(S(=O)(=O)c3cccc4cccnc34)CC2)CC1. The second-order valence-electron chi connectivity index (χ2n) is 11.0. The van der Waals surface area contributed by atoms with Crippen LogP contribution in [0.1, 0.15) is 65.7 Å². The zero-order valence-electron chi connectivity index (χ0n) is 21.3. The molecule has 0 bridgehead atoms. The van der Waals surface area contributed by atoms with Gasteiger partial charge >= 0.3 is 6.09 Å². The summed E-state index contributed by atoms with van der Waals surface area (Å²) in [5.74, 6) is 1.24. The van der Waals surface area contributed by atoms with Gasteiger partial charge in [-0.25, -0.2) is 13.2 Å². The molecule has 35 heavy (non-hydrogen) atoms. The average molecular weight is 502 g/mol. The molecule has 0 aliphatic carbocycles. The van der Waals surface area contributed by atoms with Crippen LogP contribution in [-0.4, -0.2) is 60.5 Å². The number of ether oxygens (including phenoxy) is 1. The summed E-state index contributed by atoms with van der Waals surface area (Å²) >= 11 is 0. The van der Waals surface area contributed by atoms with Crippen molar-refractivity contribution >= 4 is 27.0 Å². The van der Waals surface area contributed by atoms with Crippen LogP contribution >= 0.6 is 0 Å². The van der Waals surface area contributed by atoms with E-state index in [0.717, 1.165) is 50.6 Å². The number of piperidine rings is 2. The molecule has 3 heterocycles. The summed E-state index contributed by atoms with van der Waals surface area (Å²) < 4.78 is 33.8. The molecule has 8 heteroatoms. The number of amides is 1. The summed E-state index contributed by atoms with van der Waals surface area (Å²) in [7, 11) is -3.55. The molecule has 1 aromatic carbocycles. The van der Waals surface area contributed by atoms with E-state index in [1.807, 2.05) is 43.9 Å². The van der Waals surface area contributed by atoms with E-state index in [-0.39, 0.29) is 6.09 Å². The van der Waals surface area contributed by atoms with E-state index in [4.69, 9.17) is 4.74 Å². The molecular formula is C27H39N3O4S. The van der Waals surface area contributed by atoms with Gasteiger partial charge in [-0.15, -0.1) is 0 Å². The number of hydrogen-bond acceptors (Lipinski definition) is 5. The predicted molar refractivity (Wildman–Crippen MR) is 138 cm³/mol. The maximum Gasteiger partial charge on any atom is 0.410 e. The third-order valence-corrected chi connectivity index (χ3v) is 9.21. The Balaban J connectivity index is 1.20. The van der Waals surface area contributed by atoms with Crippen molar-refractivity contribution in [2.24, 2.45) is 11.8 Å². The lowest BCUT2D eigenvalue weighted by atomic mass is 9.87. The molecule has 2 aromatic rings. The normalized spacial score (nSPS) is 19.2. The van der Waals surface area contributed by atoms with Crippen LogP contribution in [0, 0.1) is 11.8 Å². The lowest BCUT2D eigenvalue weighted by Gasteiger charge is -2.34. The Kier molecular flexibility index (Phi) is 8.01. The summed E-state index contributed by atoms with van der Waals surface area (Å²) in [5.41, 5.74) is 0.101. The quantitative estimate of drug-likeness (QED) is 0.526. The van der Waals surface area contributed by atoms with E-state index in [0.29, 0.717) is 35.3 Å². The number of carbonyl (C=O) groups is 1. The van der Waals surface area contributed by atoms with Gasteiger partial charge in [0, 0.05) is 37.8 Å². The number of pyridine rings is 1. The van der Waals surface area contributed by atoms with Crippen LogP contribution in [0.3, 0.4) is 0 Å². The fourth-order valence-corrected chi connectivity index (χ4v) is 6.92. The maximum atomic E-state index is 13.3. The minimum absolute atomic E-state index is 0.197. The van der Waals surface area contributed by atoms with E-state index >= 15 is 0 Å². The Hall–Kier alpha value is -2.19. The number of rotatable bonds is 6. The number of aromatic nitrogens is 1. The molecule has 0 saturated carbocycles. The molecule has 0 N–H and O–H groups in total. The molecule has 1 aromatic heterocycles. The Bertz CT molecular complexity index is 1110. The van der Waals surface area contributed by atoms with Crippen LogP contribution in [0.25, 0.3) is 10.9 Å². The van der Waals surface area contributed by atoms with Crippen LogP contribution in [0.4, 0.5) is 4.79 Å². The lowest BCUT2D eigenvalue weighted by Crippen LogP contribution is -2.41. The number of sulfonamides is 1. The second-order valence-corrected chi connectivity index (χ2v) is 12.9. The van der Waals surface area contributed by atoms with Crippen molar-refractivity contribution in [3.63, 3.8) is 0 Å². The van der Waals surface area contributed by atoms with Crippen LogP contribution in [0.15, 0.2) is 41.4 Å². The third-order valence-electron chi connectivity index (χ3n) is 7.28. The number of para-hydroxylation sites is 1. The van der Waals surface area contributed by atoms with Crippen molar-refractivity contribution in [1.82, 2.24) is 14.2 Å². The van der Waals surface area contributed by atoms with Gasteiger partial charge in [0.2, 0.25) is 10.0 Å². The van der Waals surface area contributed by atoms with Crippen molar-refractivity contribution in [2.75, 3.05) is 26.2 Å². The van der Waals surface area contributed by atoms with Gasteiger partial charge in [0.15, 0.2) is 0 Å². The smallest absolute Gasteiger partial charge is 0.410 e. The summed E-state index contributed by atoms with van der Waals surface area (Å²) in [6.07, 6.45) is 8.85. The number of benzene rings is 1. The van der Waals surface area contributed by atoms with Crippen LogP contribution < -0.4 is 0 Å². The zero-order chi connectivity index (χ0) is 25.1. The van der Waals surface area contributed by atoms with Gasteiger partial charge in [0.1, 0.15) is 10.5 Å². The van der Waals surface area contributed by atoms with Crippen molar-refractivity contribution < 1.29 is 17.9 Å². The Morgan fingerprint density at radius 3 is 2.20 bits per heavy atom. The van der Waals surface area contributed by atoms with Gasteiger partial charge in [-0.05, 0) is 70.4 Å². The largest absolute Gasteiger partial charge is 0.444 e. The first-order valence-corrected chi connectivity index (χ1v) is 14.4. The monoisotopic (exact) mass is 501 g/mol. The van der Waals surface area contributed by atoms with Crippen molar-refractivity contribution in [3.05, 3.63) is 36.5 Å². The highest BCUT2D eigenvalue weighted by molar-refractivity contribution is 7.89. The summed E-state index contributed by atoms with van der Waals surface area (Å²) in [5, 5.41) is 0.848. The Morgan fingerprint density at radius 1 is 0.971 bits per heavy atom. The minimum Gasteiger partial charge on any atom is -0.444 e. The molecule has 2 fully saturated rings. The number of carbonyl (C=O) groups excluding carboxylic acids is 1. The van der Waals surface area contributed by atoms with Gasteiger partial charge in [0.25, 0.3) is 0 Å². The maximum absolute atomic E-state index is 13.3. The molecule has 0 unspecified atom stereocenters. The Labute approximate surface area is 209 Å². The first-order valence-electron chi connectivity index (χ1n) is 13.0. The molecule has 0 spiro atoms. The Morgan fingerprint density at radius 2 is 1.57 bits per heavy atom. The molecule has 1 amide bonds. The van der Waals surface area contributed by atoms with Gasteiger partial charge < -0.3 is 9.64 Å². The average Bonchev–Trinajstić information content (AvgIpc) is 2.83. The van der Waals surface area contributed by atoms with Crippen LogP contribution in [0.2, 0.25) is 0 Å². The lowest BCUT2D eigenvalue weighted by molar-refractivity contribution is 0.0180. The highest BCUT2D eigenvalue weighted by Crippen LogP contribution is 2.31. The molecular weight excluding hydrogens is 462 g/mol. The van der Waals surface area contributed by atoms with E-state index < -0.39 is 15.6 Å². The minimum atomic E-state index is -3.55. The summed E-state index contributed by atoms with van der Waals surface area (Å²) in [6, 6.07) is 9.09. The van der Waals surface area contributed by atoms with Crippen molar-refractivity contribution in [1.29, 1.82) is 0 Å². The van der Waals surface area contributed by atoms with Gasteiger partial charge in [-0.3, -0.25) is 4.98 Å². The van der Waals surface area contributed by atoms with E-state index in [9.17, 15) is 13.2 Å². The molecule has 7 nitrogen and oxygen atoms in total. The summed E-state index contributed by atoms with van der Waals surface area (Å²) in [6.45, 7) is 8.40. The number of fused-ring (bicyclic) bond motifs is 1. The molecule has 2 aliphatic heterocycles. The van der Waals surface area contributed by atoms with Crippen molar-refractivity contribution in [3.8, 4) is 0 Å². The van der Waals surface area contributed by atoms with E-state index in [1.54, 1.807) is 22.6 Å². The zero-order valence-corrected chi connectivity index (χ0v) is 22.1. The predicted octanol–water partition coefficient (Wildman–Crippen LogP) is 5.45. The molecule has 4 rings (SSSR count). The molecule has 0 atom stereocenters. The first-order chi connectivity index (χ1) is 16.6. The highest BCUT2D eigenvalue weighted by Gasteiger charge is 2.31. The molecule has 0 radical (unpaired) electrons. The van der Waals surface area contributed by atoms with E-state index in [1.165, 1.54) is 12.8 Å².